The molecule has 1 aliphatic rings. The molecule has 1 aromatic carbocycles. The molecule has 7 nitrogen and oxygen atoms in total. The van der Waals surface area contributed by atoms with Crippen molar-refractivity contribution in [2.45, 2.75) is 25.7 Å². The predicted molar refractivity (Wildman–Crippen MR) is 109 cm³/mol. The van der Waals surface area contributed by atoms with Crippen molar-refractivity contribution in [3.63, 3.8) is 0 Å². The molecule has 146 valence electrons. The van der Waals surface area contributed by atoms with Crippen molar-refractivity contribution >= 4 is 17.5 Å². The summed E-state index contributed by atoms with van der Waals surface area (Å²) < 4.78 is 0. The van der Waals surface area contributed by atoms with Crippen LogP contribution >= 0.6 is 0 Å². The minimum atomic E-state index is -0.484. The molecule has 3 aromatic rings. The van der Waals surface area contributed by atoms with Gasteiger partial charge in [0.15, 0.2) is 0 Å². The minimum Gasteiger partial charge on any atom is -0.355 e. The third-order valence-electron chi connectivity index (χ3n) is 4.91. The Bertz CT molecular complexity index is 1050. The topological polar surface area (TPSA) is 96.9 Å². The number of fused-ring (bicyclic) bond motifs is 1. The maximum absolute atomic E-state index is 12.8. The Balaban J connectivity index is 1.47. The fraction of sp³-hybridized carbons (Fsp3) is 0.227. The minimum absolute atomic E-state index is 0.146. The van der Waals surface area contributed by atoms with E-state index in [1.165, 1.54) is 0 Å². The van der Waals surface area contributed by atoms with E-state index in [2.05, 4.69) is 25.6 Å². The molecule has 4 rings (SSSR count). The second kappa shape index (κ2) is 8.18. The van der Waals surface area contributed by atoms with E-state index in [0.29, 0.717) is 24.5 Å². The Morgan fingerprint density at radius 1 is 1.17 bits per heavy atom. The first-order valence-electron chi connectivity index (χ1n) is 9.52. The molecule has 7 heteroatoms. The number of pyridine rings is 1. The summed E-state index contributed by atoms with van der Waals surface area (Å²) in [5, 5.41) is 5.78. The maximum Gasteiger partial charge on any atom is 0.228 e. The Morgan fingerprint density at radius 2 is 2.00 bits per heavy atom. The number of hydrogen-bond acceptors (Lipinski definition) is 5. The van der Waals surface area contributed by atoms with Gasteiger partial charge in [0.1, 0.15) is 5.82 Å². The molecule has 3 heterocycles. The Morgan fingerprint density at radius 3 is 2.83 bits per heavy atom. The van der Waals surface area contributed by atoms with Crippen LogP contribution in [0.4, 0.5) is 5.69 Å². The lowest BCUT2D eigenvalue weighted by Crippen LogP contribution is -2.36. The van der Waals surface area contributed by atoms with E-state index in [1.807, 2.05) is 49.4 Å². The number of aromatic nitrogens is 3. The van der Waals surface area contributed by atoms with Crippen LogP contribution in [-0.4, -0.2) is 33.3 Å². The van der Waals surface area contributed by atoms with Crippen molar-refractivity contribution in [2.24, 2.45) is 0 Å². The van der Waals surface area contributed by atoms with Crippen molar-refractivity contribution in [3.8, 4) is 11.3 Å². The summed E-state index contributed by atoms with van der Waals surface area (Å²) in [6.45, 7) is 2.25. The summed E-state index contributed by atoms with van der Waals surface area (Å²) >= 11 is 0. The van der Waals surface area contributed by atoms with Gasteiger partial charge in [0.25, 0.3) is 0 Å². The molecule has 0 aliphatic carbocycles. The van der Waals surface area contributed by atoms with Crippen molar-refractivity contribution in [2.75, 3.05) is 11.9 Å². The summed E-state index contributed by atoms with van der Waals surface area (Å²) in [6.07, 6.45) is 4.19. The van der Waals surface area contributed by atoms with Crippen molar-refractivity contribution in [1.29, 1.82) is 0 Å². The molecule has 1 unspecified atom stereocenters. The summed E-state index contributed by atoms with van der Waals surface area (Å²) in [4.78, 5) is 37.9. The number of aryl methyl sites for hydroxylation is 1. The Kier molecular flexibility index (Phi) is 5.29. The molecule has 1 atom stereocenters. The second-order valence-electron chi connectivity index (χ2n) is 6.93. The summed E-state index contributed by atoms with van der Waals surface area (Å²) in [7, 11) is 0. The lowest BCUT2D eigenvalue weighted by atomic mass is 9.90. The maximum atomic E-state index is 12.8. The van der Waals surface area contributed by atoms with Crippen LogP contribution in [0.25, 0.3) is 11.3 Å². The van der Waals surface area contributed by atoms with E-state index >= 15 is 0 Å². The number of carbonyl (C=O) groups excluding carboxylic acids is 2. The van der Waals surface area contributed by atoms with E-state index in [9.17, 15) is 9.59 Å². The molecule has 2 aromatic heterocycles. The highest BCUT2D eigenvalue weighted by molar-refractivity contribution is 6.01. The fourth-order valence-corrected chi connectivity index (χ4v) is 3.52. The van der Waals surface area contributed by atoms with Gasteiger partial charge in [0.05, 0.1) is 17.3 Å². The molecule has 0 saturated heterocycles. The Labute approximate surface area is 168 Å². The standard InChI is InChI=1S/C22H21N5O2/c1-14-25-13-17(18-7-4-5-10-23-18)20(26-14)9-11-24-22(29)16-12-21(28)27-19-8-3-2-6-15(16)19/h2-8,10,13,16H,9,11-12H2,1H3,(H,24,29)(H,27,28). The number of carbonyl (C=O) groups is 2. The molecular weight excluding hydrogens is 366 g/mol. The zero-order chi connectivity index (χ0) is 20.2. The van der Waals surface area contributed by atoms with Gasteiger partial charge in [-0.05, 0) is 30.7 Å². The zero-order valence-electron chi connectivity index (χ0n) is 16.1. The molecular formula is C22H21N5O2. The van der Waals surface area contributed by atoms with Gasteiger partial charge in [0, 0.05) is 43.0 Å². The molecule has 2 amide bonds. The Hall–Kier alpha value is -3.61. The lowest BCUT2D eigenvalue weighted by molar-refractivity contribution is -0.126. The highest BCUT2D eigenvalue weighted by atomic mass is 16.2. The lowest BCUT2D eigenvalue weighted by Gasteiger charge is -2.24. The van der Waals surface area contributed by atoms with E-state index in [4.69, 9.17) is 0 Å². The molecule has 0 spiro atoms. The van der Waals surface area contributed by atoms with E-state index < -0.39 is 5.92 Å². The monoisotopic (exact) mass is 387 g/mol. The SMILES string of the molecule is Cc1ncc(-c2ccccn2)c(CCNC(=O)C2CC(=O)Nc3ccccc32)n1. The van der Waals surface area contributed by atoms with Gasteiger partial charge in [0.2, 0.25) is 11.8 Å². The van der Waals surface area contributed by atoms with Crippen molar-refractivity contribution in [3.05, 3.63) is 71.9 Å². The molecule has 0 saturated carbocycles. The summed E-state index contributed by atoms with van der Waals surface area (Å²) in [5.41, 5.74) is 4.03. The quantitative estimate of drug-likeness (QED) is 0.701. The number of nitrogens with zero attached hydrogens (tertiary/aromatic N) is 3. The third-order valence-corrected chi connectivity index (χ3v) is 4.91. The third kappa shape index (κ3) is 4.13. The van der Waals surface area contributed by atoms with Crippen LogP contribution < -0.4 is 10.6 Å². The fourth-order valence-electron chi connectivity index (χ4n) is 3.52. The summed E-state index contributed by atoms with van der Waals surface area (Å²) in [6, 6.07) is 13.1. The number of para-hydroxylation sites is 1. The average molecular weight is 387 g/mol. The second-order valence-corrected chi connectivity index (χ2v) is 6.93. The number of anilines is 1. The van der Waals surface area contributed by atoms with Crippen LogP contribution in [0.1, 0.15) is 29.4 Å². The molecule has 0 fully saturated rings. The van der Waals surface area contributed by atoms with Crippen LogP contribution in [-0.2, 0) is 16.0 Å². The first-order chi connectivity index (χ1) is 14.1. The van der Waals surface area contributed by atoms with Gasteiger partial charge in [-0.2, -0.15) is 0 Å². The number of hydrogen-bond donors (Lipinski definition) is 2. The summed E-state index contributed by atoms with van der Waals surface area (Å²) in [5.74, 6) is -0.114. The van der Waals surface area contributed by atoms with Gasteiger partial charge in [-0.1, -0.05) is 24.3 Å². The molecule has 29 heavy (non-hydrogen) atoms. The first kappa shape index (κ1) is 18.7. The highest BCUT2D eigenvalue weighted by Gasteiger charge is 2.30. The molecule has 0 radical (unpaired) electrons. The van der Waals surface area contributed by atoms with Gasteiger partial charge in [-0.3, -0.25) is 14.6 Å². The zero-order valence-corrected chi connectivity index (χ0v) is 16.1. The number of nitrogens with one attached hydrogen (secondary N) is 2. The predicted octanol–water partition coefficient (Wildman–Crippen LogP) is 2.63. The molecule has 2 N–H and O–H groups in total. The van der Waals surface area contributed by atoms with Crippen LogP contribution in [0.3, 0.4) is 0 Å². The smallest absolute Gasteiger partial charge is 0.228 e. The normalized spacial score (nSPS) is 15.3. The van der Waals surface area contributed by atoms with Crippen LogP contribution in [0, 0.1) is 6.92 Å². The largest absolute Gasteiger partial charge is 0.355 e. The number of benzene rings is 1. The van der Waals surface area contributed by atoms with Crippen LogP contribution in [0.15, 0.2) is 54.9 Å². The molecule has 1 aliphatic heterocycles. The van der Waals surface area contributed by atoms with Gasteiger partial charge < -0.3 is 10.6 Å². The van der Waals surface area contributed by atoms with Gasteiger partial charge in [-0.15, -0.1) is 0 Å². The number of rotatable bonds is 5. The van der Waals surface area contributed by atoms with E-state index in [1.54, 1.807) is 12.4 Å². The average Bonchev–Trinajstić information content (AvgIpc) is 2.74. The van der Waals surface area contributed by atoms with Crippen molar-refractivity contribution in [1.82, 2.24) is 20.3 Å². The van der Waals surface area contributed by atoms with Crippen molar-refractivity contribution < 1.29 is 9.59 Å². The number of amides is 2. The first-order valence-corrected chi connectivity index (χ1v) is 9.52. The van der Waals surface area contributed by atoms with Crippen LogP contribution in [0.2, 0.25) is 0 Å². The van der Waals surface area contributed by atoms with Gasteiger partial charge >= 0.3 is 0 Å². The van der Waals surface area contributed by atoms with Gasteiger partial charge in [-0.25, -0.2) is 9.97 Å². The molecule has 0 bridgehead atoms. The highest BCUT2D eigenvalue weighted by Crippen LogP contribution is 2.32. The van der Waals surface area contributed by atoms with Crippen LogP contribution in [0.5, 0.6) is 0 Å². The van der Waals surface area contributed by atoms with E-state index in [-0.39, 0.29) is 18.2 Å². The van der Waals surface area contributed by atoms with E-state index in [0.717, 1.165) is 22.5 Å².